The lowest BCUT2D eigenvalue weighted by molar-refractivity contribution is 0.102. The number of hydrogen-bond acceptors (Lipinski definition) is 4. The highest BCUT2D eigenvalue weighted by molar-refractivity contribution is 6.04. The lowest BCUT2D eigenvalue weighted by Crippen LogP contribution is -2.19. The van der Waals surface area contributed by atoms with Crippen molar-refractivity contribution < 1.29 is 9.18 Å². The molecule has 0 aliphatic rings. The zero-order valence-corrected chi connectivity index (χ0v) is 16.2. The van der Waals surface area contributed by atoms with Crippen LogP contribution in [0.3, 0.4) is 0 Å². The van der Waals surface area contributed by atoms with Gasteiger partial charge in [-0.15, -0.1) is 0 Å². The highest BCUT2D eigenvalue weighted by Gasteiger charge is 2.19. The Bertz CT molecular complexity index is 965. The van der Waals surface area contributed by atoms with Gasteiger partial charge in [0.25, 0.3) is 5.91 Å². The number of anilines is 2. The largest absolute Gasteiger partial charge is 0.350 e. The number of amides is 1. The Hall–Kier alpha value is -3.28. The van der Waals surface area contributed by atoms with E-state index in [1.807, 2.05) is 24.3 Å². The van der Waals surface area contributed by atoms with E-state index < -0.39 is 0 Å². The molecular formula is C22H23FN4O. The molecule has 1 aromatic heterocycles. The second-order valence-electron chi connectivity index (χ2n) is 7.49. The summed E-state index contributed by atoms with van der Waals surface area (Å²) in [5.74, 6) is -0.240. The van der Waals surface area contributed by atoms with Gasteiger partial charge >= 0.3 is 0 Å². The zero-order valence-electron chi connectivity index (χ0n) is 16.2. The fourth-order valence-electron chi connectivity index (χ4n) is 2.79. The van der Waals surface area contributed by atoms with Crippen LogP contribution in [0.5, 0.6) is 0 Å². The van der Waals surface area contributed by atoms with Gasteiger partial charge < -0.3 is 10.6 Å². The molecule has 0 aliphatic carbocycles. The van der Waals surface area contributed by atoms with Gasteiger partial charge in [-0.1, -0.05) is 57.2 Å². The topological polar surface area (TPSA) is 66.9 Å². The first kappa shape index (κ1) is 19.5. The molecule has 0 bridgehead atoms. The van der Waals surface area contributed by atoms with Crippen molar-refractivity contribution in [3.05, 3.63) is 83.4 Å². The minimum Gasteiger partial charge on any atom is -0.350 e. The first-order valence-electron chi connectivity index (χ1n) is 9.05. The molecule has 6 heteroatoms. The van der Waals surface area contributed by atoms with Crippen LogP contribution in [-0.2, 0) is 12.0 Å². The standard InChI is InChI=1S/C22H23FN4O/c1-22(2,3)17-9-5-7-11-19(17)27-20(28)16-13-25-21(26-14-16)24-12-15-8-4-6-10-18(15)23/h4-11,13-14H,12H2,1-3H3,(H,27,28)(H,24,25,26). The van der Waals surface area contributed by atoms with E-state index in [-0.39, 0.29) is 23.7 Å². The Morgan fingerprint density at radius 3 is 2.32 bits per heavy atom. The number of hydrogen-bond donors (Lipinski definition) is 2. The van der Waals surface area contributed by atoms with Crippen LogP contribution in [0.25, 0.3) is 0 Å². The van der Waals surface area contributed by atoms with E-state index in [0.717, 1.165) is 11.3 Å². The number of carbonyl (C=O) groups is 1. The molecule has 1 heterocycles. The van der Waals surface area contributed by atoms with Gasteiger partial charge in [-0.2, -0.15) is 0 Å². The summed E-state index contributed by atoms with van der Waals surface area (Å²) in [7, 11) is 0. The molecule has 1 amide bonds. The van der Waals surface area contributed by atoms with Crippen molar-refractivity contribution in [2.24, 2.45) is 0 Å². The molecule has 0 fully saturated rings. The molecule has 144 valence electrons. The van der Waals surface area contributed by atoms with Crippen molar-refractivity contribution in [3.8, 4) is 0 Å². The summed E-state index contributed by atoms with van der Waals surface area (Å²) in [6.07, 6.45) is 2.90. The van der Waals surface area contributed by atoms with Crippen LogP contribution < -0.4 is 10.6 Å². The maximum atomic E-state index is 13.7. The minimum atomic E-state index is -0.288. The van der Waals surface area contributed by atoms with Gasteiger partial charge in [0.15, 0.2) is 0 Å². The third-order valence-corrected chi connectivity index (χ3v) is 4.29. The summed E-state index contributed by atoms with van der Waals surface area (Å²) in [4.78, 5) is 20.9. The van der Waals surface area contributed by atoms with E-state index >= 15 is 0 Å². The predicted octanol–water partition coefficient (Wildman–Crippen LogP) is 4.78. The number of halogens is 1. The summed E-state index contributed by atoms with van der Waals surface area (Å²) in [5, 5.41) is 5.88. The van der Waals surface area contributed by atoms with Crippen molar-refractivity contribution in [3.63, 3.8) is 0 Å². The van der Waals surface area contributed by atoms with Crippen LogP contribution >= 0.6 is 0 Å². The molecule has 3 aromatic rings. The molecule has 0 unspecified atom stereocenters. The fraction of sp³-hybridized carbons (Fsp3) is 0.227. The van der Waals surface area contributed by atoms with Gasteiger partial charge in [-0.05, 0) is 23.1 Å². The van der Waals surface area contributed by atoms with Gasteiger partial charge in [-0.25, -0.2) is 14.4 Å². The second kappa shape index (κ2) is 8.17. The Labute approximate surface area is 164 Å². The van der Waals surface area contributed by atoms with Crippen LogP contribution in [0.4, 0.5) is 16.0 Å². The normalized spacial score (nSPS) is 11.1. The molecule has 0 radical (unpaired) electrons. The van der Waals surface area contributed by atoms with Gasteiger partial charge in [0.1, 0.15) is 5.82 Å². The molecule has 0 atom stereocenters. The minimum absolute atomic E-state index is 0.0964. The number of para-hydroxylation sites is 1. The first-order valence-corrected chi connectivity index (χ1v) is 9.05. The molecule has 0 saturated heterocycles. The number of rotatable bonds is 5. The number of benzene rings is 2. The number of carbonyl (C=O) groups excluding carboxylic acids is 1. The van der Waals surface area contributed by atoms with Crippen LogP contribution in [-0.4, -0.2) is 15.9 Å². The molecule has 0 saturated carbocycles. The summed E-state index contributed by atoms with van der Waals surface area (Å²) in [6, 6.07) is 14.2. The van der Waals surface area contributed by atoms with E-state index in [0.29, 0.717) is 17.1 Å². The van der Waals surface area contributed by atoms with E-state index in [9.17, 15) is 9.18 Å². The summed E-state index contributed by atoms with van der Waals surface area (Å²) in [6.45, 7) is 6.54. The molecular weight excluding hydrogens is 355 g/mol. The lowest BCUT2D eigenvalue weighted by Gasteiger charge is -2.22. The highest BCUT2D eigenvalue weighted by Crippen LogP contribution is 2.29. The fourth-order valence-corrected chi connectivity index (χ4v) is 2.79. The quantitative estimate of drug-likeness (QED) is 0.671. The molecule has 3 rings (SSSR count). The van der Waals surface area contributed by atoms with Crippen molar-refractivity contribution in [1.82, 2.24) is 9.97 Å². The number of nitrogens with zero attached hydrogens (tertiary/aromatic N) is 2. The van der Waals surface area contributed by atoms with E-state index in [4.69, 9.17) is 0 Å². The van der Waals surface area contributed by atoms with Crippen molar-refractivity contribution in [2.45, 2.75) is 32.7 Å². The van der Waals surface area contributed by atoms with Gasteiger partial charge in [0.2, 0.25) is 5.95 Å². The van der Waals surface area contributed by atoms with Gasteiger partial charge in [0, 0.05) is 30.2 Å². The third kappa shape index (κ3) is 4.71. The van der Waals surface area contributed by atoms with E-state index in [2.05, 4.69) is 41.4 Å². The second-order valence-corrected chi connectivity index (χ2v) is 7.49. The smallest absolute Gasteiger partial charge is 0.258 e. The molecule has 28 heavy (non-hydrogen) atoms. The summed E-state index contributed by atoms with van der Waals surface area (Å²) < 4.78 is 13.7. The Morgan fingerprint density at radius 2 is 1.64 bits per heavy atom. The van der Waals surface area contributed by atoms with Crippen LogP contribution in [0.1, 0.15) is 42.3 Å². The van der Waals surface area contributed by atoms with Crippen molar-refractivity contribution in [1.29, 1.82) is 0 Å². The number of aromatic nitrogens is 2. The van der Waals surface area contributed by atoms with E-state index in [1.54, 1.807) is 18.2 Å². The summed E-state index contributed by atoms with van der Waals surface area (Å²) >= 11 is 0. The molecule has 2 N–H and O–H groups in total. The monoisotopic (exact) mass is 378 g/mol. The molecule has 0 spiro atoms. The first-order chi connectivity index (χ1) is 13.3. The van der Waals surface area contributed by atoms with Gasteiger partial charge in [0.05, 0.1) is 5.56 Å². The molecule has 2 aromatic carbocycles. The molecule has 0 aliphatic heterocycles. The van der Waals surface area contributed by atoms with Gasteiger partial charge in [-0.3, -0.25) is 4.79 Å². The van der Waals surface area contributed by atoms with Crippen LogP contribution in [0, 0.1) is 5.82 Å². The van der Waals surface area contributed by atoms with E-state index in [1.165, 1.54) is 18.5 Å². The van der Waals surface area contributed by atoms with Crippen molar-refractivity contribution >= 4 is 17.5 Å². The SMILES string of the molecule is CC(C)(C)c1ccccc1NC(=O)c1cnc(NCc2ccccc2F)nc1. The maximum absolute atomic E-state index is 13.7. The highest BCUT2D eigenvalue weighted by atomic mass is 19.1. The molecule has 5 nitrogen and oxygen atoms in total. The van der Waals surface area contributed by atoms with Crippen LogP contribution in [0.2, 0.25) is 0 Å². The third-order valence-electron chi connectivity index (χ3n) is 4.29. The number of nitrogens with one attached hydrogen (secondary N) is 2. The average molecular weight is 378 g/mol. The Balaban J connectivity index is 1.67. The Morgan fingerprint density at radius 1 is 1.00 bits per heavy atom. The van der Waals surface area contributed by atoms with Crippen LogP contribution in [0.15, 0.2) is 60.9 Å². The predicted molar refractivity (Wildman–Crippen MR) is 109 cm³/mol. The zero-order chi connectivity index (χ0) is 20.1. The maximum Gasteiger partial charge on any atom is 0.258 e. The summed E-state index contributed by atoms with van der Waals surface area (Å²) in [5.41, 5.74) is 2.59. The lowest BCUT2D eigenvalue weighted by atomic mass is 9.86. The Kier molecular flexibility index (Phi) is 5.68. The average Bonchev–Trinajstić information content (AvgIpc) is 2.67. The van der Waals surface area contributed by atoms with Crippen molar-refractivity contribution in [2.75, 3.05) is 10.6 Å².